The second-order valence-corrected chi connectivity index (χ2v) is 4.80. The first kappa shape index (κ1) is 14.2. The zero-order valence-electron chi connectivity index (χ0n) is 9.34. The maximum absolute atomic E-state index is 1.56. The number of hydrogen-bond acceptors (Lipinski definition) is 1. The summed E-state index contributed by atoms with van der Waals surface area (Å²) in [6.45, 7) is 0. The highest BCUT2D eigenvalue weighted by Gasteiger charge is 2.24. The number of halogens is 1. The highest BCUT2D eigenvalue weighted by molar-refractivity contribution is 5.85. The monoisotopic (exact) mass is 219 g/mol. The lowest BCUT2D eigenvalue weighted by atomic mass is 9.73. The smallest absolute Gasteiger partial charge is 0.0386 e. The van der Waals surface area contributed by atoms with Gasteiger partial charge in [-0.15, -0.1) is 12.4 Å². The molecule has 86 valence electrons. The molecular weight excluding hydrogens is 194 g/mol. The molecule has 0 atom stereocenters. The molecule has 0 heterocycles. The van der Waals surface area contributed by atoms with Crippen molar-refractivity contribution in [2.75, 3.05) is 0 Å². The van der Waals surface area contributed by atoms with Gasteiger partial charge >= 0.3 is 0 Å². The molecule has 2 rings (SSSR count). The van der Waals surface area contributed by atoms with Crippen LogP contribution >= 0.6 is 12.4 Å². The molecule has 0 radical (unpaired) electrons. The Morgan fingerprint density at radius 2 is 0.786 bits per heavy atom. The molecule has 2 fully saturated rings. The number of hydrogen-bond donors (Lipinski definition) is 1. The second kappa shape index (κ2) is 7.53. The van der Waals surface area contributed by atoms with E-state index in [-0.39, 0.29) is 18.6 Å². The van der Waals surface area contributed by atoms with Crippen molar-refractivity contribution in [1.82, 2.24) is 6.15 Å². The first-order valence-corrected chi connectivity index (χ1v) is 5.97. The van der Waals surface area contributed by atoms with Gasteiger partial charge in [0.05, 0.1) is 0 Å². The highest BCUT2D eigenvalue weighted by Crippen LogP contribution is 2.37. The molecule has 3 N–H and O–H groups in total. The second-order valence-electron chi connectivity index (χ2n) is 4.80. The Bertz CT molecular complexity index is 110. The van der Waals surface area contributed by atoms with Crippen molar-refractivity contribution in [3.05, 3.63) is 0 Å². The van der Waals surface area contributed by atoms with Crippen molar-refractivity contribution in [2.45, 2.75) is 64.2 Å². The molecule has 0 bridgehead atoms. The Kier molecular flexibility index (Phi) is 7.66. The standard InChI is InChI=1S/C12H22.ClH.H3N/c1-3-7-11(8-4-1)12-9-5-2-6-10-12;;/h11-12H,1-10H2;1H;1H3. The fourth-order valence-corrected chi connectivity index (χ4v) is 3.21. The molecule has 2 heteroatoms. The van der Waals surface area contributed by atoms with E-state index < -0.39 is 0 Å². The van der Waals surface area contributed by atoms with Crippen molar-refractivity contribution in [3.63, 3.8) is 0 Å². The van der Waals surface area contributed by atoms with Gasteiger partial charge in [0.1, 0.15) is 0 Å². The summed E-state index contributed by atoms with van der Waals surface area (Å²) in [6, 6.07) is 0. The SMILES string of the molecule is C1CCC(C2CCCCC2)CC1.Cl.N. The van der Waals surface area contributed by atoms with Gasteiger partial charge in [0.15, 0.2) is 0 Å². The van der Waals surface area contributed by atoms with E-state index in [2.05, 4.69) is 0 Å². The molecule has 2 aliphatic carbocycles. The minimum Gasteiger partial charge on any atom is -0.344 e. The lowest BCUT2D eigenvalue weighted by Crippen LogP contribution is -2.20. The van der Waals surface area contributed by atoms with Gasteiger partial charge < -0.3 is 6.15 Å². The fraction of sp³-hybridized carbons (Fsp3) is 1.00. The maximum Gasteiger partial charge on any atom is -0.0386 e. The summed E-state index contributed by atoms with van der Waals surface area (Å²) in [7, 11) is 0. The molecular formula is C12H26ClN. The third-order valence-electron chi connectivity index (χ3n) is 3.97. The van der Waals surface area contributed by atoms with Gasteiger partial charge in [-0.2, -0.15) is 0 Å². The maximum atomic E-state index is 1.56. The molecule has 0 amide bonds. The van der Waals surface area contributed by atoms with Gasteiger partial charge in [0, 0.05) is 0 Å². The van der Waals surface area contributed by atoms with E-state index >= 15 is 0 Å². The topological polar surface area (TPSA) is 35.0 Å². The van der Waals surface area contributed by atoms with Crippen molar-refractivity contribution in [2.24, 2.45) is 11.8 Å². The summed E-state index contributed by atoms with van der Waals surface area (Å²) in [6.07, 6.45) is 15.4. The Morgan fingerprint density at radius 3 is 1.07 bits per heavy atom. The van der Waals surface area contributed by atoms with E-state index in [1.165, 1.54) is 38.5 Å². The Balaban J connectivity index is 0.000000845. The van der Waals surface area contributed by atoms with Gasteiger partial charge in [0.2, 0.25) is 0 Å². The van der Waals surface area contributed by atoms with E-state index in [4.69, 9.17) is 0 Å². The Morgan fingerprint density at radius 1 is 0.500 bits per heavy atom. The summed E-state index contributed by atoms with van der Waals surface area (Å²) in [5, 5.41) is 0. The molecule has 0 aromatic rings. The van der Waals surface area contributed by atoms with Gasteiger partial charge in [-0.1, -0.05) is 64.2 Å². The molecule has 2 saturated carbocycles. The van der Waals surface area contributed by atoms with Gasteiger partial charge in [-0.05, 0) is 11.8 Å². The van der Waals surface area contributed by atoms with Crippen molar-refractivity contribution < 1.29 is 0 Å². The summed E-state index contributed by atoms with van der Waals surface area (Å²) in [5.74, 6) is 2.28. The zero-order chi connectivity index (χ0) is 8.23. The summed E-state index contributed by atoms with van der Waals surface area (Å²) in [5.41, 5.74) is 0. The van der Waals surface area contributed by atoms with E-state index in [1.807, 2.05) is 0 Å². The van der Waals surface area contributed by atoms with E-state index in [9.17, 15) is 0 Å². The molecule has 1 nitrogen and oxygen atoms in total. The van der Waals surface area contributed by atoms with Crippen molar-refractivity contribution in [1.29, 1.82) is 0 Å². The van der Waals surface area contributed by atoms with Crippen molar-refractivity contribution in [3.8, 4) is 0 Å². The fourth-order valence-electron chi connectivity index (χ4n) is 3.21. The molecule has 0 aliphatic heterocycles. The van der Waals surface area contributed by atoms with Crippen LogP contribution in [0.2, 0.25) is 0 Å². The Hall–Kier alpha value is 0.250. The molecule has 0 aromatic carbocycles. The van der Waals surface area contributed by atoms with Crippen LogP contribution in [0, 0.1) is 11.8 Å². The van der Waals surface area contributed by atoms with Gasteiger partial charge in [-0.25, -0.2) is 0 Å². The average molecular weight is 220 g/mol. The van der Waals surface area contributed by atoms with E-state index in [0.29, 0.717) is 0 Å². The minimum absolute atomic E-state index is 0. The first-order valence-electron chi connectivity index (χ1n) is 5.97. The van der Waals surface area contributed by atoms with Crippen LogP contribution in [-0.4, -0.2) is 0 Å². The van der Waals surface area contributed by atoms with Crippen LogP contribution in [-0.2, 0) is 0 Å². The molecule has 0 saturated heterocycles. The number of rotatable bonds is 1. The lowest BCUT2D eigenvalue weighted by molar-refractivity contribution is 0.196. The minimum atomic E-state index is 0. The summed E-state index contributed by atoms with van der Waals surface area (Å²) >= 11 is 0. The van der Waals surface area contributed by atoms with Crippen LogP contribution in [0.5, 0.6) is 0 Å². The zero-order valence-corrected chi connectivity index (χ0v) is 10.2. The van der Waals surface area contributed by atoms with Crippen LogP contribution in [0.4, 0.5) is 0 Å². The molecule has 0 aromatic heterocycles. The predicted octanol–water partition coefficient (Wildman–Crippen LogP) is 4.73. The quantitative estimate of drug-likeness (QED) is 0.680. The highest BCUT2D eigenvalue weighted by atomic mass is 35.5. The van der Waals surface area contributed by atoms with E-state index in [1.54, 1.807) is 25.7 Å². The summed E-state index contributed by atoms with van der Waals surface area (Å²) in [4.78, 5) is 0. The normalized spacial score (nSPS) is 24.9. The third-order valence-corrected chi connectivity index (χ3v) is 3.97. The molecule has 0 spiro atoms. The molecule has 14 heavy (non-hydrogen) atoms. The third kappa shape index (κ3) is 3.78. The van der Waals surface area contributed by atoms with Gasteiger partial charge in [-0.3, -0.25) is 0 Å². The molecule has 2 aliphatic rings. The lowest BCUT2D eigenvalue weighted by Gasteiger charge is -2.32. The average Bonchev–Trinajstić information content (AvgIpc) is 2.21. The predicted molar refractivity (Wildman–Crippen MR) is 65.4 cm³/mol. The van der Waals surface area contributed by atoms with Gasteiger partial charge in [0.25, 0.3) is 0 Å². The van der Waals surface area contributed by atoms with Crippen LogP contribution < -0.4 is 6.15 Å². The van der Waals surface area contributed by atoms with Crippen LogP contribution in [0.25, 0.3) is 0 Å². The van der Waals surface area contributed by atoms with Crippen LogP contribution in [0.3, 0.4) is 0 Å². The van der Waals surface area contributed by atoms with E-state index in [0.717, 1.165) is 11.8 Å². The molecule has 0 unspecified atom stereocenters. The largest absolute Gasteiger partial charge is 0.344 e. The van der Waals surface area contributed by atoms with Crippen molar-refractivity contribution >= 4 is 12.4 Å². The summed E-state index contributed by atoms with van der Waals surface area (Å²) < 4.78 is 0. The first-order chi connectivity index (χ1) is 5.97. The van der Waals surface area contributed by atoms with Crippen LogP contribution in [0.15, 0.2) is 0 Å². The van der Waals surface area contributed by atoms with Crippen LogP contribution in [0.1, 0.15) is 64.2 Å². The Labute approximate surface area is 95.0 Å².